The van der Waals surface area contributed by atoms with E-state index >= 15 is 0 Å². The molecule has 0 amide bonds. The normalized spacial score (nSPS) is 11.5. The van der Waals surface area contributed by atoms with E-state index in [1.54, 1.807) is 13.0 Å². The van der Waals surface area contributed by atoms with Gasteiger partial charge in [-0.15, -0.1) is 0 Å². The Hall–Kier alpha value is -1.95. The number of rotatable bonds is 3. The minimum absolute atomic E-state index is 0.0923. The van der Waals surface area contributed by atoms with Gasteiger partial charge < -0.3 is 0 Å². The van der Waals surface area contributed by atoms with Crippen molar-refractivity contribution in [2.45, 2.75) is 46.4 Å². The molecule has 0 radical (unpaired) electrons. The summed E-state index contributed by atoms with van der Waals surface area (Å²) in [4.78, 5) is 8.39. The summed E-state index contributed by atoms with van der Waals surface area (Å²) < 4.78 is 28.0. The van der Waals surface area contributed by atoms with Gasteiger partial charge in [-0.2, -0.15) is 0 Å². The summed E-state index contributed by atoms with van der Waals surface area (Å²) in [6, 6.07) is 1.72. The van der Waals surface area contributed by atoms with Crippen LogP contribution in [0.2, 0.25) is 0 Å². The molecule has 0 unspecified atom stereocenters. The fourth-order valence-electron chi connectivity index (χ4n) is 2.54. The Balaban J connectivity index is 2.60. The molecule has 2 aromatic rings. The topological polar surface area (TPSA) is 72.0 Å². The Morgan fingerprint density at radius 2 is 1.36 bits per heavy atom. The zero-order valence-corrected chi connectivity index (χ0v) is 14.6. The number of sulfonamides is 1. The third kappa shape index (κ3) is 2.83. The van der Waals surface area contributed by atoms with Gasteiger partial charge in [0.25, 0.3) is 10.0 Å². The van der Waals surface area contributed by atoms with Gasteiger partial charge in [-0.05, 0) is 75.4 Å². The average Bonchev–Trinajstić information content (AvgIpc) is 2.42. The van der Waals surface area contributed by atoms with E-state index in [9.17, 15) is 8.42 Å². The van der Waals surface area contributed by atoms with Gasteiger partial charge in [0.05, 0.1) is 4.90 Å². The third-order valence-electron chi connectivity index (χ3n) is 4.22. The highest BCUT2D eigenvalue weighted by Crippen LogP contribution is 2.30. The minimum Gasteiger partial charge on any atom is -0.247 e. The van der Waals surface area contributed by atoms with E-state index in [0.29, 0.717) is 10.6 Å². The second kappa shape index (κ2) is 5.68. The van der Waals surface area contributed by atoms with Crippen molar-refractivity contribution in [3.63, 3.8) is 0 Å². The van der Waals surface area contributed by atoms with Crippen LogP contribution in [0.5, 0.6) is 0 Å². The van der Waals surface area contributed by atoms with Crippen LogP contribution in [0.3, 0.4) is 0 Å². The van der Waals surface area contributed by atoms with Crippen molar-refractivity contribution in [1.82, 2.24) is 9.97 Å². The molecule has 0 spiro atoms. The lowest BCUT2D eigenvalue weighted by molar-refractivity contribution is 0.599. The largest absolute Gasteiger partial charge is 0.264 e. The molecule has 5 nitrogen and oxygen atoms in total. The number of nitrogens with zero attached hydrogens (tertiary/aromatic N) is 2. The van der Waals surface area contributed by atoms with E-state index in [1.165, 1.54) is 6.20 Å². The van der Waals surface area contributed by atoms with E-state index in [1.807, 2.05) is 34.6 Å². The number of hydrogen-bond donors (Lipinski definition) is 1. The second-order valence-corrected chi connectivity index (χ2v) is 7.20. The molecule has 118 valence electrons. The molecule has 1 N–H and O–H groups in total. The zero-order valence-electron chi connectivity index (χ0n) is 13.8. The van der Waals surface area contributed by atoms with Gasteiger partial charge in [0, 0.05) is 11.9 Å². The fourth-order valence-corrected chi connectivity index (χ4v) is 4.09. The summed E-state index contributed by atoms with van der Waals surface area (Å²) in [6.45, 7) is 11.4. The van der Waals surface area contributed by atoms with Crippen LogP contribution in [-0.4, -0.2) is 18.4 Å². The number of hydrogen-bond acceptors (Lipinski definition) is 4. The van der Waals surface area contributed by atoms with Crippen LogP contribution in [0, 0.1) is 41.5 Å². The first kappa shape index (κ1) is 16.4. The molecule has 0 aliphatic carbocycles. The Labute approximate surface area is 131 Å². The summed E-state index contributed by atoms with van der Waals surface area (Å²) >= 11 is 0. The van der Waals surface area contributed by atoms with Crippen LogP contribution in [-0.2, 0) is 10.0 Å². The molecule has 0 atom stereocenters. The lowest BCUT2D eigenvalue weighted by Gasteiger charge is -2.18. The van der Waals surface area contributed by atoms with Crippen LogP contribution < -0.4 is 4.72 Å². The Morgan fingerprint density at radius 3 is 1.86 bits per heavy atom. The molecule has 1 heterocycles. The maximum Gasteiger partial charge on any atom is 0.264 e. The number of aryl methyl sites for hydroxylation is 1. The predicted molar refractivity (Wildman–Crippen MR) is 87.7 cm³/mol. The van der Waals surface area contributed by atoms with Crippen LogP contribution in [0.1, 0.15) is 33.5 Å². The molecule has 0 saturated carbocycles. The average molecular weight is 319 g/mol. The van der Waals surface area contributed by atoms with Gasteiger partial charge in [0.1, 0.15) is 0 Å². The Morgan fingerprint density at radius 1 is 0.864 bits per heavy atom. The van der Waals surface area contributed by atoms with Crippen molar-refractivity contribution in [2.75, 3.05) is 4.72 Å². The molecule has 1 aromatic heterocycles. The van der Waals surface area contributed by atoms with E-state index in [4.69, 9.17) is 0 Å². The Bertz CT molecular complexity index is 814. The smallest absolute Gasteiger partial charge is 0.247 e. The molecule has 0 fully saturated rings. The number of benzene rings is 1. The van der Waals surface area contributed by atoms with Crippen LogP contribution in [0.4, 0.5) is 5.95 Å². The van der Waals surface area contributed by atoms with Crippen LogP contribution in [0.15, 0.2) is 17.2 Å². The molecular weight excluding hydrogens is 298 g/mol. The summed E-state index contributed by atoms with van der Waals surface area (Å²) in [5.74, 6) is 0.0923. The lowest BCUT2D eigenvalue weighted by Crippen LogP contribution is -2.19. The Kier molecular flexibility index (Phi) is 4.24. The van der Waals surface area contributed by atoms with E-state index in [-0.39, 0.29) is 5.95 Å². The molecule has 1 aromatic carbocycles. The van der Waals surface area contributed by atoms with Crippen LogP contribution in [0.25, 0.3) is 0 Å². The number of aromatic nitrogens is 2. The molecule has 0 aliphatic heterocycles. The first-order valence-corrected chi connectivity index (χ1v) is 8.53. The van der Waals surface area contributed by atoms with Gasteiger partial charge in [0.2, 0.25) is 5.95 Å². The van der Waals surface area contributed by atoms with E-state index in [0.717, 1.165) is 27.8 Å². The quantitative estimate of drug-likeness (QED) is 0.943. The van der Waals surface area contributed by atoms with Crippen molar-refractivity contribution in [3.8, 4) is 0 Å². The van der Waals surface area contributed by atoms with Crippen molar-refractivity contribution in [3.05, 3.63) is 45.8 Å². The highest BCUT2D eigenvalue weighted by atomic mass is 32.2. The van der Waals surface area contributed by atoms with Gasteiger partial charge in [-0.1, -0.05) is 0 Å². The van der Waals surface area contributed by atoms with Crippen molar-refractivity contribution in [2.24, 2.45) is 0 Å². The van der Waals surface area contributed by atoms with Gasteiger partial charge in [0.15, 0.2) is 0 Å². The summed E-state index contributed by atoms with van der Waals surface area (Å²) in [7, 11) is -3.73. The first-order chi connectivity index (χ1) is 10.1. The fraction of sp³-hybridized carbons (Fsp3) is 0.375. The van der Waals surface area contributed by atoms with Crippen molar-refractivity contribution >= 4 is 16.0 Å². The molecule has 0 aliphatic rings. The number of anilines is 1. The van der Waals surface area contributed by atoms with E-state index in [2.05, 4.69) is 14.7 Å². The lowest BCUT2D eigenvalue weighted by atomic mass is 9.95. The molecule has 0 saturated heterocycles. The zero-order chi connectivity index (χ0) is 16.7. The highest BCUT2D eigenvalue weighted by molar-refractivity contribution is 7.92. The van der Waals surface area contributed by atoms with Gasteiger partial charge in [-0.3, -0.25) is 0 Å². The number of nitrogens with one attached hydrogen (secondary N) is 1. The monoisotopic (exact) mass is 319 g/mol. The van der Waals surface area contributed by atoms with Gasteiger partial charge in [-0.25, -0.2) is 23.1 Å². The maximum absolute atomic E-state index is 12.8. The first-order valence-electron chi connectivity index (χ1n) is 7.04. The molecular formula is C16H21N3O2S. The SMILES string of the molecule is Cc1ccnc(NS(=O)(=O)c2c(C)c(C)c(C)c(C)c2C)n1. The van der Waals surface area contributed by atoms with Gasteiger partial charge >= 0.3 is 0 Å². The molecule has 22 heavy (non-hydrogen) atoms. The van der Waals surface area contributed by atoms with Crippen molar-refractivity contribution < 1.29 is 8.42 Å². The third-order valence-corrected chi connectivity index (χ3v) is 5.82. The van der Waals surface area contributed by atoms with E-state index < -0.39 is 10.0 Å². The molecule has 2 rings (SSSR count). The summed E-state index contributed by atoms with van der Waals surface area (Å²) in [5.41, 5.74) is 5.35. The molecule has 6 heteroatoms. The maximum atomic E-state index is 12.8. The summed E-state index contributed by atoms with van der Waals surface area (Å²) in [5, 5.41) is 0. The summed E-state index contributed by atoms with van der Waals surface area (Å²) in [6.07, 6.45) is 1.53. The minimum atomic E-state index is -3.73. The standard InChI is InChI=1S/C16H21N3O2S/c1-9-7-8-17-16(18-9)19-22(20,21)15-13(5)11(3)10(2)12(4)14(15)6/h7-8H,1-6H3,(H,17,18,19). The predicted octanol–water partition coefficient (Wildman–Crippen LogP) is 3.13. The van der Waals surface area contributed by atoms with Crippen LogP contribution >= 0.6 is 0 Å². The second-order valence-electron chi connectivity index (χ2n) is 5.58. The molecule has 0 bridgehead atoms. The highest BCUT2D eigenvalue weighted by Gasteiger charge is 2.24. The van der Waals surface area contributed by atoms with Crippen molar-refractivity contribution in [1.29, 1.82) is 0 Å².